The third-order valence-electron chi connectivity index (χ3n) is 3.88. The van der Waals surface area contributed by atoms with Crippen LogP contribution in [-0.2, 0) is 6.54 Å². The first-order chi connectivity index (χ1) is 8.67. The Kier molecular flexibility index (Phi) is 4.40. The van der Waals surface area contributed by atoms with Gasteiger partial charge in [-0.25, -0.2) is 4.98 Å². The highest BCUT2D eigenvalue weighted by atomic mass is 15.2. The van der Waals surface area contributed by atoms with Crippen LogP contribution in [0.15, 0.2) is 12.5 Å². The van der Waals surface area contributed by atoms with Crippen LogP contribution in [0, 0.1) is 5.92 Å². The Labute approximate surface area is 110 Å². The molecule has 1 saturated carbocycles. The molecule has 102 valence electrons. The smallest absolute Gasteiger partial charge is 0.0948 e. The highest BCUT2D eigenvalue weighted by Crippen LogP contribution is 2.33. The van der Waals surface area contributed by atoms with Crippen molar-refractivity contribution in [1.82, 2.24) is 14.5 Å². The van der Waals surface area contributed by atoms with Crippen LogP contribution < -0.4 is 5.73 Å². The van der Waals surface area contributed by atoms with E-state index in [2.05, 4.69) is 35.2 Å². The topological polar surface area (TPSA) is 47.1 Å². The molecule has 0 radical (unpaired) electrons. The minimum atomic E-state index is 0.299. The van der Waals surface area contributed by atoms with E-state index in [0.717, 1.165) is 12.5 Å². The molecule has 2 rings (SSSR count). The van der Waals surface area contributed by atoms with Crippen LogP contribution >= 0.6 is 0 Å². The van der Waals surface area contributed by atoms with Crippen LogP contribution in [-0.4, -0.2) is 33.6 Å². The van der Waals surface area contributed by atoms with E-state index in [0.29, 0.717) is 18.6 Å². The molecule has 1 atom stereocenters. The first-order valence-corrected chi connectivity index (χ1v) is 7.13. The van der Waals surface area contributed by atoms with Gasteiger partial charge in [-0.2, -0.15) is 0 Å². The van der Waals surface area contributed by atoms with E-state index in [4.69, 9.17) is 5.73 Å². The molecule has 0 bridgehead atoms. The second-order valence-corrected chi connectivity index (χ2v) is 5.59. The van der Waals surface area contributed by atoms with Crippen molar-refractivity contribution >= 4 is 0 Å². The van der Waals surface area contributed by atoms with Gasteiger partial charge >= 0.3 is 0 Å². The summed E-state index contributed by atoms with van der Waals surface area (Å²) < 4.78 is 2.21. The van der Waals surface area contributed by atoms with Crippen molar-refractivity contribution in [3.05, 3.63) is 18.2 Å². The molecule has 0 saturated heterocycles. The first kappa shape index (κ1) is 13.6. The maximum Gasteiger partial charge on any atom is 0.0948 e. The molecule has 4 heteroatoms. The molecule has 2 N–H and O–H groups in total. The monoisotopic (exact) mass is 250 g/mol. The van der Waals surface area contributed by atoms with Gasteiger partial charge in [0.25, 0.3) is 0 Å². The molecule has 0 aliphatic heterocycles. The van der Waals surface area contributed by atoms with Crippen molar-refractivity contribution in [3.63, 3.8) is 0 Å². The summed E-state index contributed by atoms with van der Waals surface area (Å²) in [4.78, 5) is 6.82. The Morgan fingerprint density at radius 2 is 2.22 bits per heavy atom. The lowest BCUT2D eigenvalue weighted by Gasteiger charge is -2.34. The van der Waals surface area contributed by atoms with E-state index in [-0.39, 0.29) is 0 Å². The van der Waals surface area contributed by atoms with E-state index < -0.39 is 0 Å². The third kappa shape index (κ3) is 2.93. The largest absolute Gasteiger partial charge is 0.333 e. The van der Waals surface area contributed by atoms with Crippen LogP contribution in [0.3, 0.4) is 0 Å². The number of rotatable bonds is 7. The standard InChI is InChI=1S/C14H26N4/c1-4-17-10-16-8-14(17)13(7-15)18(11(2)3)9-12-5-6-12/h8,10-13H,4-7,9,15H2,1-3H3. The van der Waals surface area contributed by atoms with Crippen molar-refractivity contribution < 1.29 is 0 Å². The number of hydrogen-bond donors (Lipinski definition) is 1. The third-order valence-corrected chi connectivity index (χ3v) is 3.88. The summed E-state index contributed by atoms with van der Waals surface area (Å²) in [6, 6.07) is 0.826. The number of nitrogens with two attached hydrogens (primary N) is 1. The molecule has 1 aliphatic carbocycles. The molecule has 4 nitrogen and oxygen atoms in total. The summed E-state index contributed by atoms with van der Waals surface area (Å²) in [5, 5.41) is 0. The average molecular weight is 250 g/mol. The Bertz CT molecular complexity index is 368. The quantitative estimate of drug-likeness (QED) is 0.805. The lowest BCUT2D eigenvalue weighted by atomic mass is 10.1. The van der Waals surface area contributed by atoms with Crippen molar-refractivity contribution in [2.45, 2.75) is 52.2 Å². The van der Waals surface area contributed by atoms with Crippen LogP contribution in [0.4, 0.5) is 0 Å². The Morgan fingerprint density at radius 1 is 1.50 bits per heavy atom. The highest BCUT2D eigenvalue weighted by Gasteiger charge is 2.30. The summed E-state index contributed by atoms with van der Waals surface area (Å²) >= 11 is 0. The van der Waals surface area contributed by atoms with E-state index in [1.807, 2.05) is 12.5 Å². The number of aromatic nitrogens is 2. The summed E-state index contributed by atoms with van der Waals surface area (Å²) in [6.45, 7) is 9.47. The summed E-state index contributed by atoms with van der Waals surface area (Å²) in [6.07, 6.45) is 6.65. The summed E-state index contributed by atoms with van der Waals surface area (Å²) in [7, 11) is 0. The molecule has 1 aromatic heterocycles. The van der Waals surface area contributed by atoms with Gasteiger partial charge in [0.1, 0.15) is 0 Å². The molecule has 0 amide bonds. The predicted octanol–water partition coefficient (Wildman–Crippen LogP) is 2.02. The molecular formula is C14H26N4. The molecule has 1 heterocycles. The number of nitrogens with zero attached hydrogens (tertiary/aromatic N) is 3. The van der Waals surface area contributed by atoms with Crippen LogP contribution in [0.1, 0.15) is 45.3 Å². The van der Waals surface area contributed by atoms with Crippen molar-refractivity contribution in [2.75, 3.05) is 13.1 Å². The van der Waals surface area contributed by atoms with Crippen LogP contribution in [0.5, 0.6) is 0 Å². The Balaban J connectivity index is 2.18. The van der Waals surface area contributed by atoms with Crippen LogP contribution in [0.2, 0.25) is 0 Å². The van der Waals surface area contributed by atoms with E-state index >= 15 is 0 Å². The number of imidazole rings is 1. The zero-order chi connectivity index (χ0) is 13.1. The van der Waals surface area contributed by atoms with Gasteiger partial charge in [-0.05, 0) is 39.5 Å². The first-order valence-electron chi connectivity index (χ1n) is 7.13. The number of aryl methyl sites for hydroxylation is 1. The summed E-state index contributed by atoms with van der Waals surface area (Å²) in [5.41, 5.74) is 7.30. The van der Waals surface area contributed by atoms with Gasteiger partial charge < -0.3 is 10.3 Å². The van der Waals surface area contributed by atoms with Crippen molar-refractivity contribution in [1.29, 1.82) is 0 Å². The lowest BCUT2D eigenvalue weighted by Crippen LogP contribution is -2.40. The molecular weight excluding hydrogens is 224 g/mol. The second-order valence-electron chi connectivity index (χ2n) is 5.59. The van der Waals surface area contributed by atoms with Gasteiger partial charge in [-0.1, -0.05) is 0 Å². The van der Waals surface area contributed by atoms with Gasteiger partial charge in [0.15, 0.2) is 0 Å². The highest BCUT2D eigenvalue weighted by molar-refractivity contribution is 5.07. The van der Waals surface area contributed by atoms with Gasteiger partial charge in [-0.3, -0.25) is 4.90 Å². The van der Waals surface area contributed by atoms with Crippen molar-refractivity contribution in [3.8, 4) is 0 Å². The molecule has 1 aromatic rings. The van der Waals surface area contributed by atoms with Gasteiger partial charge in [-0.15, -0.1) is 0 Å². The van der Waals surface area contributed by atoms with Gasteiger partial charge in [0.05, 0.1) is 18.1 Å². The maximum absolute atomic E-state index is 6.04. The minimum absolute atomic E-state index is 0.299. The van der Waals surface area contributed by atoms with Gasteiger partial charge in [0, 0.05) is 31.9 Å². The van der Waals surface area contributed by atoms with E-state index in [1.54, 1.807) is 0 Å². The molecule has 1 unspecified atom stereocenters. The van der Waals surface area contributed by atoms with Crippen molar-refractivity contribution in [2.24, 2.45) is 11.7 Å². The lowest BCUT2D eigenvalue weighted by molar-refractivity contribution is 0.144. The fourth-order valence-electron chi connectivity index (χ4n) is 2.60. The average Bonchev–Trinajstić information content (AvgIpc) is 3.05. The minimum Gasteiger partial charge on any atom is -0.333 e. The van der Waals surface area contributed by atoms with E-state index in [1.165, 1.54) is 25.1 Å². The maximum atomic E-state index is 6.04. The predicted molar refractivity (Wildman–Crippen MR) is 74.3 cm³/mol. The number of hydrogen-bond acceptors (Lipinski definition) is 3. The Hall–Kier alpha value is -0.870. The van der Waals surface area contributed by atoms with Gasteiger partial charge in [0.2, 0.25) is 0 Å². The fourth-order valence-corrected chi connectivity index (χ4v) is 2.60. The zero-order valence-electron chi connectivity index (χ0n) is 11.8. The van der Waals surface area contributed by atoms with E-state index in [9.17, 15) is 0 Å². The normalized spacial score (nSPS) is 17.7. The fraction of sp³-hybridized carbons (Fsp3) is 0.786. The molecule has 1 aliphatic rings. The Morgan fingerprint density at radius 3 is 2.72 bits per heavy atom. The van der Waals surface area contributed by atoms with Crippen LogP contribution in [0.25, 0.3) is 0 Å². The molecule has 18 heavy (non-hydrogen) atoms. The second kappa shape index (κ2) is 5.85. The molecule has 0 spiro atoms. The zero-order valence-corrected chi connectivity index (χ0v) is 11.8. The SMILES string of the molecule is CCn1cncc1C(CN)N(CC1CC1)C(C)C. The molecule has 1 fully saturated rings. The molecule has 0 aromatic carbocycles. The summed E-state index contributed by atoms with van der Waals surface area (Å²) in [5.74, 6) is 0.888.